The molecule has 0 aliphatic carbocycles. The quantitative estimate of drug-likeness (QED) is 0.774. The highest BCUT2D eigenvalue weighted by atomic mass is 19.4. The van der Waals surface area contributed by atoms with E-state index in [1.54, 1.807) is 19.9 Å². The summed E-state index contributed by atoms with van der Waals surface area (Å²) in [5.74, 6) is 0.278. The van der Waals surface area contributed by atoms with Gasteiger partial charge in [0.05, 0.1) is 13.7 Å². The molecule has 21 heavy (non-hydrogen) atoms. The molecule has 1 aromatic rings. The summed E-state index contributed by atoms with van der Waals surface area (Å²) in [7, 11) is -0.361. The van der Waals surface area contributed by atoms with Gasteiger partial charge in [-0.25, -0.2) is 0 Å². The Labute approximate surface area is 122 Å². The average Bonchev–Trinajstić information content (AvgIpc) is 2.36. The molecular formula is C13H19BF3NO3. The molecule has 0 radical (unpaired) electrons. The van der Waals surface area contributed by atoms with E-state index in [9.17, 15) is 23.2 Å². The number of nitrogens with zero attached hydrogens (tertiary/aromatic N) is 1. The molecule has 0 saturated carbocycles. The van der Waals surface area contributed by atoms with E-state index in [4.69, 9.17) is 4.74 Å². The van der Waals surface area contributed by atoms with Crippen LogP contribution in [0.4, 0.5) is 13.2 Å². The Hall–Kier alpha value is -1.25. The van der Waals surface area contributed by atoms with Gasteiger partial charge in [0, 0.05) is 18.0 Å². The maximum Gasteiger partial charge on any atom is 0.492 e. The van der Waals surface area contributed by atoms with Crippen molar-refractivity contribution in [1.29, 1.82) is 0 Å². The molecule has 0 aromatic heterocycles. The van der Waals surface area contributed by atoms with Gasteiger partial charge in [0.1, 0.15) is 5.75 Å². The minimum Gasteiger partial charge on any atom is -0.497 e. The van der Waals surface area contributed by atoms with Crippen molar-refractivity contribution in [3.8, 4) is 5.75 Å². The van der Waals surface area contributed by atoms with Crippen LogP contribution in [0, 0.1) is 0 Å². The van der Waals surface area contributed by atoms with E-state index >= 15 is 0 Å². The molecule has 1 rings (SSSR count). The third kappa shape index (κ3) is 5.57. The summed E-state index contributed by atoms with van der Waals surface area (Å²) in [4.78, 5) is 1.26. The average molecular weight is 305 g/mol. The Morgan fingerprint density at radius 3 is 2.33 bits per heavy atom. The highest BCUT2D eigenvalue weighted by Crippen LogP contribution is 2.20. The highest BCUT2D eigenvalue weighted by Gasteiger charge is 2.32. The zero-order valence-corrected chi connectivity index (χ0v) is 12.2. The van der Waals surface area contributed by atoms with Crippen LogP contribution < -0.4 is 10.2 Å². The number of ether oxygens (including phenoxy) is 1. The summed E-state index contributed by atoms with van der Waals surface area (Å²) < 4.78 is 42.6. The predicted molar refractivity (Wildman–Crippen MR) is 74.4 cm³/mol. The first-order chi connectivity index (χ1) is 9.64. The monoisotopic (exact) mass is 305 g/mol. The summed E-state index contributed by atoms with van der Waals surface area (Å²) in [6.07, 6.45) is -4.28. The normalized spacial score (nSPS) is 12.1. The van der Waals surface area contributed by atoms with Crippen molar-refractivity contribution in [3.05, 3.63) is 23.8 Å². The largest absolute Gasteiger partial charge is 0.497 e. The van der Waals surface area contributed by atoms with E-state index < -0.39 is 19.8 Å². The first-order valence-electron chi connectivity index (χ1n) is 6.47. The number of hydrogen-bond acceptors (Lipinski definition) is 4. The van der Waals surface area contributed by atoms with E-state index in [0.717, 1.165) is 0 Å². The van der Waals surface area contributed by atoms with Gasteiger partial charge < -0.3 is 14.8 Å². The van der Waals surface area contributed by atoms with Crippen LogP contribution in [-0.4, -0.2) is 47.9 Å². The molecule has 1 aromatic carbocycles. The molecule has 4 nitrogen and oxygen atoms in total. The topological polar surface area (TPSA) is 52.9 Å². The maximum absolute atomic E-state index is 12.6. The van der Waals surface area contributed by atoms with E-state index in [1.807, 2.05) is 0 Å². The first kappa shape index (κ1) is 17.8. The van der Waals surface area contributed by atoms with Gasteiger partial charge in [-0.3, -0.25) is 4.90 Å². The number of halogens is 3. The summed E-state index contributed by atoms with van der Waals surface area (Å²) in [5.41, 5.74) is 0.683. The van der Waals surface area contributed by atoms with E-state index in [1.165, 1.54) is 24.1 Å². The van der Waals surface area contributed by atoms with Crippen LogP contribution in [0.25, 0.3) is 0 Å². The molecule has 0 atom stereocenters. The van der Waals surface area contributed by atoms with Gasteiger partial charge in [0.15, 0.2) is 0 Å². The van der Waals surface area contributed by atoms with Crippen LogP contribution in [0.15, 0.2) is 18.2 Å². The molecule has 0 unspecified atom stereocenters. The lowest BCUT2D eigenvalue weighted by molar-refractivity contribution is -0.150. The predicted octanol–water partition coefficient (Wildman–Crippen LogP) is 1.15. The van der Waals surface area contributed by atoms with Gasteiger partial charge in [-0.15, -0.1) is 0 Å². The number of benzene rings is 1. The minimum absolute atomic E-state index is 0.0564. The van der Waals surface area contributed by atoms with Gasteiger partial charge in [-0.2, -0.15) is 13.2 Å². The highest BCUT2D eigenvalue weighted by molar-refractivity contribution is 6.59. The second-order valence-electron chi connectivity index (χ2n) is 5.06. The van der Waals surface area contributed by atoms with Crippen LogP contribution in [0.5, 0.6) is 5.75 Å². The molecule has 118 valence electrons. The zero-order chi connectivity index (χ0) is 16.2. The van der Waals surface area contributed by atoms with Crippen LogP contribution in [-0.2, 0) is 6.54 Å². The summed E-state index contributed by atoms with van der Waals surface area (Å²) in [5, 5.41) is 18.5. The molecule has 0 fully saturated rings. The van der Waals surface area contributed by atoms with E-state index in [2.05, 4.69) is 0 Å². The van der Waals surface area contributed by atoms with Crippen LogP contribution >= 0.6 is 0 Å². The van der Waals surface area contributed by atoms with Crippen LogP contribution in [0.1, 0.15) is 19.4 Å². The molecule has 2 N–H and O–H groups in total. The van der Waals surface area contributed by atoms with Gasteiger partial charge in [-0.1, -0.05) is 12.1 Å². The van der Waals surface area contributed by atoms with Crippen LogP contribution in [0.3, 0.4) is 0 Å². The molecule has 0 bridgehead atoms. The Bertz CT molecular complexity index is 466. The van der Waals surface area contributed by atoms with Gasteiger partial charge in [-0.05, 0) is 25.5 Å². The fraction of sp³-hybridized carbons (Fsp3) is 0.538. The van der Waals surface area contributed by atoms with Gasteiger partial charge in [0.2, 0.25) is 0 Å². The fourth-order valence-corrected chi connectivity index (χ4v) is 1.97. The van der Waals surface area contributed by atoms with Gasteiger partial charge >= 0.3 is 13.3 Å². The van der Waals surface area contributed by atoms with Crippen molar-refractivity contribution in [2.24, 2.45) is 0 Å². The van der Waals surface area contributed by atoms with Crippen molar-refractivity contribution in [1.82, 2.24) is 4.90 Å². The fourth-order valence-electron chi connectivity index (χ4n) is 1.97. The molecular weight excluding hydrogens is 286 g/mol. The second kappa shape index (κ2) is 7.15. The number of alkyl halides is 3. The molecule has 0 spiro atoms. The first-order valence-corrected chi connectivity index (χ1v) is 6.47. The molecule has 8 heteroatoms. The lowest BCUT2D eigenvalue weighted by Gasteiger charge is -2.27. The Balaban J connectivity index is 2.96. The number of rotatable bonds is 6. The maximum atomic E-state index is 12.6. The van der Waals surface area contributed by atoms with E-state index in [0.29, 0.717) is 5.56 Å². The molecule has 0 aliphatic heterocycles. The molecule has 0 amide bonds. The molecule has 0 aliphatic rings. The SMILES string of the molecule is COc1ccc(CN(CC(F)(F)F)C(C)C)cc1B(O)O. The van der Waals surface area contributed by atoms with Crippen molar-refractivity contribution >= 4 is 12.6 Å². The third-order valence-corrected chi connectivity index (χ3v) is 3.07. The third-order valence-electron chi connectivity index (χ3n) is 3.07. The summed E-state index contributed by atoms with van der Waals surface area (Å²) >= 11 is 0. The molecule has 0 saturated heterocycles. The lowest BCUT2D eigenvalue weighted by Crippen LogP contribution is -2.39. The smallest absolute Gasteiger partial charge is 0.492 e. The Morgan fingerprint density at radius 1 is 1.29 bits per heavy atom. The van der Waals surface area contributed by atoms with Crippen molar-refractivity contribution in [3.63, 3.8) is 0 Å². The summed E-state index contributed by atoms with van der Waals surface area (Å²) in [6.45, 7) is 2.39. The lowest BCUT2D eigenvalue weighted by atomic mass is 9.78. The molecule has 0 heterocycles. The van der Waals surface area contributed by atoms with Crippen LogP contribution in [0.2, 0.25) is 0 Å². The standard InChI is InChI=1S/C13H19BF3NO3/c1-9(2)18(8-13(15,16)17)7-10-4-5-12(21-3)11(6-10)14(19)20/h4-6,9,19-20H,7-8H2,1-3H3. The Kier molecular flexibility index (Phi) is 6.06. The Morgan fingerprint density at radius 2 is 1.90 bits per heavy atom. The van der Waals surface area contributed by atoms with Crippen molar-refractivity contribution < 1.29 is 28.0 Å². The van der Waals surface area contributed by atoms with Crippen molar-refractivity contribution in [2.45, 2.75) is 32.6 Å². The van der Waals surface area contributed by atoms with Gasteiger partial charge in [0.25, 0.3) is 0 Å². The minimum atomic E-state index is -4.28. The van der Waals surface area contributed by atoms with E-state index in [-0.39, 0.29) is 23.8 Å². The summed E-state index contributed by atoms with van der Waals surface area (Å²) in [6, 6.07) is 4.26. The second-order valence-corrected chi connectivity index (χ2v) is 5.06. The van der Waals surface area contributed by atoms with Crippen molar-refractivity contribution in [2.75, 3.05) is 13.7 Å². The zero-order valence-electron chi connectivity index (χ0n) is 12.2. The number of methoxy groups -OCH3 is 1. The number of hydrogen-bond donors (Lipinski definition) is 2.